The number of nitrogens with one attached hydrogen (secondary N) is 1. The molecule has 0 saturated heterocycles. The van der Waals surface area contributed by atoms with Crippen molar-refractivity contribution in [1.82, 2.24) is 9.55 Å². The molecular weight excluding hydrogens is 312 g/mol. The molecule has 0 spiro atoms. The van der Waals surface area contributed by atoms with Gasteiger partial charge in [0.1, 0.15) is 4.99 Å². The van der Waals surface area contributed by atoms with Crippen LogP contribution in [0.3, 0.4) is 0 Å². The summed E-state index contributed by atoms with van der Waals surface area (Å²) in [5.74, 6) is 0. The van der Waals surface area contributed by atoms with Crippen molar-refractivity contribution in [3.8, 4) is 0 Å². The second-order valence-electron chi connectivity index (χ2n) is 3.75. The lowest BCUT2D eigenvalue weighted by Gasteiger charge is -2.12. The first-order chi connectivity index (χ1) is 8.68. The van der Waals surface area contributed by atoms with E-state index < -0.39 is 0 Å². The highest BCUT2D eigenvalue weighted by Gasteiger charge is 2.08. The zero-order valence-corrected chi connectivity index (χ0v) is 12.0. The predicted octanol–water partition coefficient (Wildman–Crippen LogP) is 2.39. The molecule has 18 heavy (non-hydrogen) atoms. The van der Waals surface area contributed by atoms with Gasteiger partial charge in [-0.15, -0.1) is 0 Å². The Bertz CT molecular complexity index is 539. The van der Waals surface area contributed by atoms with Crippen molar-refractivity contribution in [2.75, 3.05) is 11.9 Å². The van der Waals surface area contributed by atoms with Gasteiger partial charge in [0.2, 0.25) is 0 Å². The summed E-state index contributed by atoms with van der Waals surface area (Å²) in [5, 5.41) is 3.33. The van der Waals surface area contributed by atoms with Crippen LogP contribution in [0.25, 0.3) is 0 Å². The van der Waals surface area contributed by atoms with Gasteiger partial charge in [0, 0.05) is 41.2 Å². The maximum absolute atomic E-state index is 5.73. The largest absolute Gasteiger partial charge is 0.389 e. The fraction of sp³-hybridized carbons (Fsp3) is 0.167. The molecule has 0 amide bonds. The third-order valence-corrected chi connectivity index (χ3v) is 3.37. The van der Waals surface area contributed by atoms with Crippen LogP contribution in [0.5, 0.6) is 0 Å². The van der Waals surface area contributed by atoms with E-state index in [4.69, 9.17) is 18.0 Å². The number of thiocarbonyl (C=S) groups is 1. The second kappa shape index (κ2) is 5.97. The van der Waals surface area contributed by atoms with Crippen LogP contribution in [0.15, 0.2) is 41.4 Å². The minimum atomic E-state index is 0.382. The van der Waals surface area contributed by atoms with Gasteiger partial charge in [-0.25, -0.2) is 4.98 Å². The molecule has 0 fully saturated rings. The molecule has 2 aromatic rings. The van der Waals surface area contributed by atoms with Crippen LogP contribution >= 0.6 is 28.1 Å². The topological polar surface area (TPSA) is 55.9 Å². The first-order valence-corrected chi connectivity index (χ1v) is 6.66. The highest BCUT2D eigenvalue weighted by Crippen LogP contribution is 2.24. The fourth-order valence-corrected chi connectivity index (χ4v) is 2.59. The highest BCUT2D eigenvalue weighted by atomic mass is 79.9. The Morgan fingerprint density at radius 1 is 1.50 bits per heavy atom. The van der Waals surface area contributed by atoms with Crippen molar-refractivity contribution in [1.29, 1.82) is 0 Å². The number of nitrogens with zero attached hydrogens (tertiary/aromatic N) is 2. The number of imidazole rings is 1. The van der Waals surface area contributed by atoms with Crippen molar-refractivity contribution < 1.29 is 0 Å². The molecule has 3 N–H and O–H groups in total. The lowest BCUT2D eigenvalue weighted by Crippen LogP contribution is -2.16. The third kappa shape index (κ3) is 3.08. The summed E-state index contributed by atoms with van der Waals surface area (Å²) in [6.07, 6.45) is 5.48. The lowest BCUT2D eigenvalue weighted by molar-refractivity contribution is 0.727. The van der Waals surface area contributed by atoms with Gasteiger partial charge in [0.15, 0.2) is 0 Å². The molecule has 1 aromatic heterocycles. The van der Waals surface area contributed by atoms with Gasteiger partial charge in [-0.05, 0) is 28.1 Å². The molecule has 0 aliphatic carbocycles. The molecule has 0 saturated carbocycles. The normalized spacial score (nSPS) is 10.3. The van der Waals surface area contributed by atoms with Gasteiger partial charge >= 0.3 is 0 Å². The SMILES string of the molecule is NC(=S)c1c(Br)cccc1NCCn1ccnc1. The van der Waals surface area contributed by atoms with Crippen molar-refractivity contribution in [3.05, 3.63) is 47.0 Å². The van der Waals surface area contributed by atoms with E-state index >= 15 is 0 Å². The maximum Gasteiger partial charge on any atom is 0.107 e. The zero-order chi connectivity index (χ0) is 13.0. The summed E-state index contributed by atoms with van der Waals surface area (Å²) < 4.78 is 2.91. The maximum atomic E-state index is 5.73. The Hall–Kier alpha value is -1.40. The summed E-state index contributed by atoms with van der Waals surface area (Å²) >= 11 is 8.52. The van der Waals surface area contributed by atoms with Crippen LogP contribution in [-0.2, 0) is 6.54 Å². The van der Waals surface area contributed by atoms with Crippen molar-refractivity contribution in [2.45, 2.75) is 6.54 Å². The van der Waals surface area contributed by atoms with E-state index in [-0.39, 0.29) is 0 Å². The van der Waals surface area contributed by atoms with Crippen LogP contribution in [0.2, 0.25) is 0 Å². The fourth-order valence-electron chi connectivity index (χ4n) is 1.66. The molecule has 1 heterocycles. The minimum Gasteiger partial charge on any atom is -0.389 e. The number of hydrogen-bond acceptors (Lipinski definition) is 3. The molecule has 0 atom stereocenters. The van der Waals surface area contributed by atoms with Gasteiger partial charge in [-0.2, -0.15) is 0 Å². The number of benzene rings is 1. The van der Waals surface area contributed by atoms with Gasteiger partial charge in [-0.3, -0.25) is 0 Å². The number of anilines is 1. The quantitative estimate of drug-likeness (QED) is 0.829. The van der Waals surface area contributed by atoms with E-state index in [2.05, 4.69) is 26.2 Å². The van der Waals surface area contributed by atoms with Gasteiger partial charge in [0.25, 0.3) is 0 Å². The molecule has 6 heteroatoms. The average molecular weight is 325 g/mol. The molecule has 94 valence electrons. The standard InChI is InChI=1S/C12H13BrN4S/c13-9-2-1-3-10(11(9)12(14)18)16-5-7-17-6-4-15-8-17/h1-4,6,8,16H,5,7H2,(H2,14,18). The van der Waals surface area contributed by atoms with Crippen molar-refractivity contribution >= 4 is 38.8 Å². The van der Waals surface area contributed by atoms with Crippen LogP contribution in [0.4, 0.5) is 5.69 Å². The number of aromatic nitrogens is 2. The highest BCUT2D eigenvalue weighted by molar-refractivity contribution is 9.10. The molecule has 0 bridgehead atoms. The van der Waals surface area contributed by atoms with Crippen LogP contribution < -0.4 is 11.1 Å². The minimum absolute atomic E-state index is 0.382. The van der Waals surface area contributed by atoms with E-state index in [1.807, 2.05) is 29.0 Å². The number of nitrogens with two attached hydrogens (primary N) is 1. The van der Waals surface area contributed by atoms with E-state index in [1.165, 1.54) is 0 Å². The Balaban J connectivity index is 2.05. The molecule has 1 aromatic carbocycles. The smallest absolute Gasteiger partial charge is 0.107 e. The Labute approximate surface area is 119 Å². The Morgan fingerprint density at radius 2 is 2.33 bits per heavy atom. The van der Waals surface area contributed by atoms with Crippen LogP contribution in [0.1, 0.15) is 5.56 Å². The van der Waals surface area contributed by atoms with Crippen molar-refractivity contribution in [2.24, 2.45) is 5.73 Å². The lowest BCUT2D eigenvalue weighted by atomic mass is 10.2. The van der Waals surface area contributed by atoms with E-state index in [1.54, 1.807) is 12.5 Å². The second-order valence-corrected chi connectivity index (χ2v) is 5.05. The first kappa shape index (κ1) is 13.0. The average Bonchev–Trinajstić information content (AvgIpc) is 2.81. The van der Waals surface area contributed by atoms with Crippen LogP contribution in [-0.4, -0.2) is 21.1 Å². The zero-order valence-electron chi connectivity index (χ0n) is 9.64. The molecular formula is C12H13BrN4S. The van der Waals surface area contributed by atoms with Crippen LogP contribution in [0, 0.1) is 0 Å². The number of hydrogen-bond donors (Lipinski definition) is 2. The van der Waals surface area contributed by atoms with Gasteiger partial charge in [-0.1, -0.05) is 18.3 Å². The molecule has 4 nitrogen and oxygen atoms in total. The summed E-state index contributed by atoms with van der Waals surface area (Å²) in [5.41, 5.74) is 7.52. The van der Waals surface area contributed by atoms with E-state index in [0.29, 0.717) is 4.99 Å². The molecule has 0 radical (unpaired) electrons. The van der Waals surface area contributed by atoms with Gasteiger partial charge < -0.3 is 15.6 Å². The molecule has 0 aliphatic rings. The van der Waals surface area contributed by atoms with Crippen molar-refractivity contribution in [3.63, 3.8) is 0 Å². The number of halogens is 1. The number of rotatable bonds is 5. The summed E-state index contributed by atoms with van der Waals surface area (Å²) in [6.45, 7) is 1.62. The monoisotopic (exact) mass is 324 g/mol. The Morgan fingerprint density at radius 3 is 3.00 bits per heavy atom. The van der Waals surface area contributed by atoms with E-state index in [0.717, 1.165) is 28.8 Å². The van der Waals surface area contributed by atoms with Gasteiger partial charge in [0.05, 0.1) is 6.33 Å². The molecule has 0 aliphatic heterocycles. The first-order valence-electron chi connectivity index (χ1n) is 5.46. The predicted molar refractivity (Wildman–Crippen MR) is 80.7 cm³/mol. The Kier molecular flexibility index (Phi) is 4.33. The summed E-state index contributed by atoms with van der Waals surface area (Å²) in [6, 6.07) is 5.84. The third-order valence-electron chi connectivity index (χ3n) is 2.50. The molecule has 0 unspecified atom stereocenters. The van der Waals surface area contributed by atoms with E-state index in [9.17, 15) is 0 Å². The summed E-state index contributed by atoms with van der Waals surface area (Å²) in [4.78, 5) is 4.38. The summed E-state index contributed by atoms with van der Waals surface area (Å²) in [7, 11) is 0. The molecule has 2 rings (SSSR count).